The van der Waals surface area contributed by atoms with E-state index in [4.69, 9.17) is 4.84 Å². The van der Waals surface area contributed by atoms with Crippen molar-refractivity contribution in [2.24, 2.45) is 0 Å². The molecule has 1 aromatic rings. The minimum absolute atomic E-state index is 0.791. The van der Waals surface area contributed by atoms with Crippen molar-refractivity contribution in [2.75, 3.05) is 5.01 Å². The van der Waals surface area contributed by atoms with Crippen LogP contribution in [0.5, 0.6) is 0 Å². The van der Waals surface area contributed by atoms with Gasteiger partial charge in [0.1, 0.15) is 6.26 Å². The number of hydrogen-bond acceptors (Lipinski definition) is 5. The number of nitrogens with one attached hydrogen (secondary N) is 1. The molecule has 1 aliphatic heterocycles. The van der Waals surface area contributed by atoms with Gasteiger partial charge < -0.3 is 4.84 Å². The number of rotatable bonds is 1. The predicted octanol–water partition coefficient (Wildman–Crippen LogP) is 0.671. The third kappa shape index (κ3) is 0.850. The summed E-state index contributed by atoms with van der Waals surface area (Å²) in [6.45, 7) is 0. The summed E-state index contributed by atoms with van der Waals surface area (Å²) in [5.74, 6) is 0.791. The number of nitrogens with zero attached hydrogens (tertiary/aromatic N) is 2. The highest BCUT2D eigenvalue weighted by atomic mass is 32.1. The van der Waals surface area contributed by atoms with E-state index in [-0.39, 0.29) is 0 Å². The van der Waals surface area contributed by atoms with E-state index in [1.807, 2.05) is 5.38 Å². The number of anilines is 1. The fourth-order valence-electron chi connectivity index (χ4n) is 0.621. The summed E-state index contributed by atoms with van der Waals surface area (Å²) in [4.78, 5) is 8.65. The second kappa shape index (κ2) is 2.28. The van der Waals surface area contributed by atoms with Crippen molar-refractivity contribution < 1.29 is 4.84 Å². The molecule has 2 rings (SSSR count). The van der Waals surface area contributed by atoms with Gasteiger partial charge in [-0.3, -0.25) is 0 Å². The van der Waals surface area contributed by atoms with Gasteiger partial charge in [0.15, 0.2) is 11.3 Å². The van der Waals surface area contributed by atoms with Gasteiger partial charge >= 0.3 is 0 Å². The largest absolute Gasteiger partial charge is 0.395 e. The molecule has 2 heterocycles. The van der Waals surface area contributed by atoms with Crippen LogP contribution in [-0.4, -0.2) is 4.98 Å². The molecule has 0 spiro atoms. The smallest absolute Gasteiger partial charge is 0.161 e. The second-order valence-corrected chi connectivity index (χ2v) is 2.32. The summed E-state index contributed by atoms with van der Waals surface area (Å²) in [6.07, 6.45) is 3.28. The van der Waals surface area contributed by atoms with Crippen LogP contribution in [0, 0.1) is 5.51 Å². The molecule has 0 bridgehead atoms. The molecule has 0 atom stereocenters. The summed E-state index contributed by atoms with van der Waals surface area (Å²) < 4.78 is 0. The predicted molar refractivity (Wildman–Crippen MR) is 36.8 cm³/mol. The van der Waals surface area contributed by atoms with Crippen molar-refractivity contribution in [3.05, 3.63) is 23.4 Å². The standard InChI is InChI=1S/C5H4N3OS/c1-2-9-7-8(1)5-3-10-4-6-5/h1-3,7H. The van der Waals surface area contributed by atoms with E-state index in [1.165, 1.54) is 11.3 Å². The average molecular weight is 154 g/mol. The van der Waals surface area contributed by atoms with Crippen LogP contribution < -0.4 is 10.6 Å². The van der Waals surface area contributed by atoms with E-state index in [1.54, 1.807) is 17.5 Å². The molecule has 0 saturated carbocycles. The molecule has 0 fully saturated rings. The Hall–Kier alpha value is -1.07. The lowest BCUT2D eigenvalue weighted by Gasteiger charge is -2.08. The Kier molecular flexibility index (Phi) is 1.30. The summed E-state index contributed by atoms with van der Waals surface area (Å²) in [7, 11) is 0. The molecule has 0 unspecified atom stereocenters. The number of hydrazine groups is 1. The van der Waals surface area contributed by atoms with E-state index in [2.05, 4.69) is 16.1 Å². The molecule has 0 saturated heterocycles. The molecule has 1 aliphatic rings. The monoisotopic (exact) mass is 154 g/mol. The van der Waals surface area contributed by atoms with Gasteiger partial charge in [-0.1, -0.05) is 5.59 Å². The van der Waals surface area contributed by atoms with E-state index in [9.17, 15) is 0 Å². The Balaban J connectivity index is 2.20. The molecule has 1 aromatic heterocycles. The van der Waals surface area contributed by atoms with Crippen molar-refractivity contribution in [3.8, 4) is 0 Å². The van der Waals surface area contributed by atoms with Crippen LogP contribution >= 0.6 is 11.3 Å². The average Bonchev–Trinajstić information content (AvgIpc) is 2.59. The van der Waals surface area contributed by atoms with Gasteiger partial charge in [0.05, 0.1) is 6.20 Å². The maximum atomic E-state index is 4.73. The number of thiazole rings is 1. The van der Waals surface area contributed by atoms with E-state index in [0.29, 0.717) is 0 Å². The summed E-state index contributed by atoms with van der Waals surface area (Å²) in [6, 6.07) is 0. The van der Waals surface area contributed by atoms with Crippen LogP contribution in [0.25, 0.3) is 0 Å². The van der Waals surface area contributed by atoms with Gasteiger partial charge in [0.2, 0.25) is 0 Å². The van der Waals surface area contributed by atoms with E-state index >= 15 is 0 Å². The highest BCUT2D eigenvalue weighted by Gasteiger charge is 2.07. The van der Waals surface area contributed by atoms with Crippen molar-refractivity contribution in [2.45, 2.75) is 0 Å². The molecular formula is C5H4N3OS. The molecule has 5 heteroatoms. The SMILES string of the molecule is [c]1nc(N2C=CON2)cs1. The summed E-state index contributed by atoms with van der Waals surface area (Å²) in [5.41, 5.74) is 5.33. The summed E-state index contributed by atoms with van der Waals surface area (Å²) >= 11 is 1.42. The molecule has 51 valence electrons. The normalized spacial score (nSPS) is 15.8. The third-order valence-electron chi connectivity index (χ3n) is 1.05. The number of aromatic nitrogens is 1. The highest BCUT2D eigenvalue weighted by molar-refractivity contribution is 7.07. The Labute approximate surface area is 61.7 Å². The Morgan fingerprint density at radius 3 is 3.40 bits per heavy atom. The third-order valence-corrected chi connectivity index (χ3v) is 1.58. The minimum Gasteiger partial charge on any atom is -0.395 e. The molecular weight excluding hydrogens is 150 g/mol. The lowest BCUT2D eigenvalue weighted by molar-refractivity contribution is 0.158. The van der Waals surface area contributed by atoms with E-state index < -0.39 is 0 Å². The zero-order valence-corrected chi connectivity index (χ0v) is 5.76. The Morgan fingerprint density at radius 2 is 2.80 bits per heavy atom. The van der Waals surface area contributed by atoms with Crippen LogP contribution in [0.2, 0.25) is 0 Å². The molecule has 10 heavy (non-hydrogen) atoms. The first-order valence-electron chi connectivity index (χ1n) is 2.65. The maximum absolute atomic E-state index is 4.73. The van der Waals surface area contributed by atoms with Gasteiger partial charge in [-0.05, 0) is 0 Å². The van der Waals surface area contributed by atoms with Gasteiger partial charge in [-0.15, -0.1) is 11.3 Å². The Bertz CT molecular complexity index is 233. The van der Waals surface area contributed by atoms with Crippen molar-refractivity contribution in [1.82, 2.24) is 10.6 Å². The van der Waals surface area contributed by atoms with Gasteiger partial charge in [0, 0.05) is 5.38 Å². The molecule has 0 aromatic carbocycles. The van der Waals surface area contributed by atoms with Crippen LogP contribution in [0.15, 0.2) is 17.8 Å². The lowest BCUT2D eigenvalue weighted by atomic mass is 10.7. The molecule has 0 amide bonds. The molecule has 4 nitrogen and oxygen atoms in total. The van der Waals surface area contributed by atoms with Gasteiger partial charge in [-0.2, -0.15) is 0 Å². The van der Waals surface area contributed by atoms with Crippen molar-refractivity contribution >= 4 is 17.2 Å². The van der Waals surface area contributed by atoms with Gasteiger partial charge in [-0.25, -0.2) is 9.99 Å². The Morgan fingerprint density at radius 1 is 1.80 bits per heavy atom. The maximum Gasteiger partial charge on any atom is 0.161 e. The van der Waals surface area contributed by atoms with Crippen LogP contribution in [0.3, 0.4) is 0 Å². The fraction of sp³-hybridized carbons (Fsp3) is 0. The first-order valence-corrected chi connectivity index (χ1v) is 3.53. The quantitative estimate of drug-likeness (QED) is 0.645. The van der Waals surface area contributed by atoms with Crippen LogP contribution in [-0.2, 0) is 4.84 Å². The molecule has 1 N–H and O–H groups in total. The second-order valence-electron chi connectivity index (χ2n) is 1.66. The van der Waals surface area contributed by atoms with Crippen LogP contribution in [0.1, 0.15) is 0 Å². The number of hydrogen-bond donors (Lipinski definition) is 1. The highest BCUT2D eigenvalue weighted by Crippen LogP contribution is 2.13. The zero-order valence-electron chi connectivity index (χ0n) is 4.94. The lowest BCUT2D eigenvalue weighted by Crippen LogP contribution is -2.26. The van der Waals surface area contributed by atoms with Crippen molar-refractivity contribution in [3.63, 3.8) is 0 Å². The first kappa shape index (κ1) is 5.70. The zero-order chi connectivity index (χ0) is 6.81. The topological polar surface area (TPSA) is 37.4 Å². The molecule has 1 radical (unpaired) electrons. The van der Waals surface area contributed by atoms with Crippen molar-refractivity contribution in [1.29, 1.82) is 0 Å². The fourth-order valence-corrected chi connectivity index (χ4v) is 1.09. The van der Waals surface area contributed by atoms with Crippen LogP contribution in [0.4, 0.5) is 5.82 Å². The minimum atomic E-state index is 0.791. The first-order chi connectivity index (χ1) is 4.97. The summed E-state index contributed by atoms with van der Waals surface area (Å²) in [5, 5.41) is 3.53. The van der Waals surface area contributed by atoms with E-state index in [0.717, 1.165) is 5.82 Å². The van der Waals surface area contributed by atoms with Gasteiger partial charge in [0.25, 0.3) is 0 Å². The molecule has 0 aliphatic carbocycles.